The van der Waals surface area contributed by atoms with Crippen molar-refractivity contribution in [1.82, 2.24) is 9.97 Å². The Balaban J connectivity index is 1.99. The quantitative estimate of drug-likeness (QED) is 0.816. The summed E-state index contributed by atoms with van der Waals surface area (Å²) in [6, 6.07) is 0.321. The van der Waals surface area contributed by atoms with Crippen LogP contribution in [0.5, 0.6) is 0 Å². The van der Waals surface area contributed by atoms with Crippen molar-refractivity contribution in [3.8, 4) is 0 Å². The van der Waals surface area contributed by atoms with Crippen molar-refractivity contribution in [3.05, 3.63) is 18.0 Å². The standard InChI is InChI=1S/C12H19N3O/c1-9-6-13-12(14-7-9)15-11-5-3-2-4-10(11)8-16/h6-7,10-11,16H,2-5,8H2,1H3,(H,13,14,15). The van der Waals surface area contributed by atoms with Crippen LogP contribution in [0.25, 0.3) is 0 Å². The fourth-order valence-electron chi connectivity index (χ4n) is 2.25. The van der Waals surface area contributed by atoms with Crippen molar-refractivity contribution < 1.29 is 5.11 Å². The normalized spacial score (nSPS) is 25.4. The van der Waals surface area contributed by atoms with E-state index in [2.05, 4.69) is 15.3 Å². The monoisotopic (exact) mass is 221 g/mol. The molecule has 1 aromatic heterocycles. The summed E-state index contributed by atoms with van der Waals surface area (Å²) in [7, 11) is 0. The van der Waals surface area contributed by atoms with Crippen LogP contribution >= 0.6 is 0 Å². The molecule has 2 N–H and O–H groups in total. The van der Waals surface area contributed by atoms with Crippen molar-refractivity contribution in [2.75, 3.05) is 11.9 Å². The summed E-state index contributed by atoms with van der Waals surface area (Å²) in [4.78, 5) is 8.47. The number of aliphatic hydroxyl groups excluding tert-OH is 1. The van der Waals surface area contributed by atoms with Crippen molar-refractivity contribution in [2.24, 2.45) is 5.92 Å². The Morgan fingerprint density at radius 2 is 2.00 bits per heavy atom. The highest BCUT2D eigenvalue weighted by Gasteiger charge is 2.24. The molecule has 4 heteroatoms. The van der Waals surface area contributed by atoms with Gasteiger partial charge >= 0.3 is 0 Å². The number of hydrogen-bond acceptors (Lipinski definition) is 4. The first-order valence-corrected chi connectivity index (χ1v) is 5.95. The highest BCUT2D eigenvalue weighted by atomic mass is 16.3. The van der Waals surface area contributed by atoms with Crippen LogP contribution in [0.1, 0.15) is 31.2 Å². The molecule has 0 aliphatic heterocycles. The first-order valence-electron chi connectivity index (χ1n) is 5.95. The molecular formula is C12H19N3O. The number of nitrogens with zero attached hydrogens (tertiary/aromatic N) is 2. The van der Waals surface area contributed by atoms with Gasteiger partial charge in [-0.25, -0.2) is 9.97 Å². The summed E-state index contributed by atoms with van der Waals surface area (Å²) < 4.78 is 0. The zero-order chi connectivity index (χ0) is 11.4. The van der Waals surface area contributed by atoms with Gasteiger partial charge in [-0.3, -0.25) is 0 Å². The van der Waals surface area contributed by atoms with E-state index in [0.29, 0.717) is 17.9 Å². The van der Waals surface area contributed by atoms with Crippen molar-refractivity contribution in [3.63, 3.8) is 0 Å². The molecule has 2 atom stereocenters. The largest absolute Gasteiger partial charge is 0.396 e. The number of aliphatic hydroxyl groups is 1. The second-order valence-electron chi connectivity index (χ2n) is 4.56. The number of rotatable bonds is 3. The van der Waals surface area contributed by atoms with Crippen LogP contribution in [-0.2, 0) is 0 Å². The maximum absolute atomic E-state index is 9.30. The number of nitrogens with one attached hydrogen (secondary N) is 1. The number of anilines is 1. The van der Waals surface area contributed by atoms with Gasteiger partial charge in [0.25, 0.3) is 0 Å². The molecule has 2 rings (SSSR count). The van der Waals surface area contributed by atoms with E-state index in [0.717, 1.165) is 18.4 Å². The molecule has 1 aliphatic carbocycles. The summed E-state index contributed by atoms with van der Waals surface area (Å²) >= 11 is 0. The molecule has 0 saturated heterocycles. The fourth-order valence-corrected chi connectivity index (χ4v) is 2.25. The highest BCUT2D eigenvalue weighted by Crippen LogP contribution is 2.25. The van der Waals surface area contributed by atoms with E-state index in [-0.39, 0.29) is 6.61 Å². The molecule has 0 bridgehead atoms. The summed E-state index contributed by atoms with van der Waals surface area (Å²) in [5, 5.41) is 12.6. The van der Waals surface area contributed by atoms with Gasteiger partial charge < -0.3 is 10.4 Å². The maximum atomic E-state index is 9.30. The lowest BCUT2D eigenvalue weighted by Crippen LogP contribution is -2.34. The minimum atomic E-state index is 0.254. The molecule has 0 amide bonds. The Kier molecular flexibility index (Phi) is 3.72. The molecule has 2 unspecified atom stereocenters. The minimum absolute atomic E-state index is 0.254. The van der Waals surface area contributed by atoms with E-state index < -0.39 is 0 Å². The first kappa shape index (κ1) is 11.3. The van der Waals surface area contributed by atoms with E-state index in [9.17, 15) is 5.11 Å². The summed E-state index contributed by atoms with van der Waals surface area (Å²) in [5.74, 6) is 1.02. The van der Waals surface area contributed by atoms with Gasteiger partial charge in [0.05, 0.1) is 0 Å². The Morgan fingerprint density at radius 3 is 2.69 bits per heavy atom. The molecule has 1 saturated carbocycles. The lowest BCUT2D eigenvalue weighted by atomic mass is 9.85. The summed E-state index contributed by atoms with van der Waals surface area (Å²) in [6.07, 6.45) is 8.26. The number of aromatic nitrogens is 2. The summed E-state index contributed by atoms with van der Waals surface area (Å²) in [5.41, 5.74) is 1.06. The van der Waals surface area contributed by atoms with Crippen molar-refractivity contribution >= 4 is 5.95 Å². The van der Waals surface area contributed by atoms with Crippen LogP contribution in [0.3, 0.4) is 0 Å². The Labute approximate surface area is 96.1 Å². The molecule has 1 fully saturated rings. The van der Waals surface area contributed by atoms with Crippen LogP contribution in [-0.4, -0.2) is 27.7 Å². The molecule has 16 heavy (non-hydrogen) atoms. The number of aryl methyl sites for hydroxylation is 1. The Bertz CT molecular complexity index is 326. The van der Waals surface area contributed by atoms with Crippen LogP contribution in [0.15, 0.2) is 12.4 Å². The predicted molar refractivity (Wildman–Crippen MR) is 63.2 cm³/mol. The summed E-state index contributed by atoms with van der Waals surface area (Å²) in [6.45, 7) is 2.23. The second-order valence-corrected chi connectivity index (χ2v) is 4.56. The third-order valence-corrected chi connectivity index (χ3v) is 3.24. The molecule has 1 heterocycles. The average molecular weight is 221 g/mol. The minimum Gasteiger partial charge on any atom is -0.396 e. The molecule has 88 valence electrons. The highest BCUT2D eigenvalue weighted by molar-refractivity contribution is 5.26. The van der Waals surface area contributed by atoms with E-state index in [1.165, 1.54) is 12.8 Å². The third kappa shape index (κ3) is 2.70. The lowest BCUT2D eigenvalue weighted by molar-refractivity contribution is 0.178. The van der Waals surface area contributed by atoms with Gasteiger partial charge in [0.2, 0.25) is 5.95 Å². The van der Waals surface area contributed by atoms with E-state index in [1.807, 2.05) is 19.3 Å². The van der Waals surface area contributed by atoms with Crippen molar-refractivity contribution in [2.45, 2.75) is 38.6 Å². The van der Waals surface area contributed by atoms with Gasteiger partial charge in [-0.15, -0.1) is 0 Å². The molecule has 0 radical (unpaired) electrons. The molecule has 1 aromatic rings. The van der Waals surface area contributed by atoms with E-state index in [4.69, 9.17) is 0 Å². The maximum Gasteiger partial charge on any atom is 0.222 e. The van der Waals surface area contributed by atoms with Crippen LogP contribution in [0, 0.1) is 12.8 Å². The topological polar surface area (TPSA) is 58.0 Å². The molecule has 1 aliphatic rings. The zero-order valence-electron chi connectivity index (χ0n) is 9.69. The Hall–Kier alpha value is -1.16. The van der Waals surface area contributed by atoms with Crippen LogP contribution < -0.4 is 5.32 Å². The van der Waals surface area contributed by atoms with E-state index in [1.54, 1.807) is 0 Å². The average Bonchev–Trinajstić information content (AvgIpc) is 2.33. The third-order valence-electron chi connectivity index (χ3n) is 3.24. The van der Waals surface area contributed by atoms with Gasteiger partial charge in [0, 0.05) is 31.0 Å². The predicted octanol–water partition coefficient (Wildman–Crippen LogP) is 1.75. The molecule has 0 aromatic carbocycles. The SMILES string of the molecule is Cc1cnc(NC2CCCCC2CO)nc1. The van der Waals surface area contributed by atoms with Gasteiger partial charge in [-0.05, 0) is 25.3 Å². The van der Waals surface area contributed by atoms with E-state index >= 15 is 0 Å². The van der Waals surface area contributed by atoms with Gasteiger partial charge in [-0.2, -0.15) is 0 Å². The molecule has 0 spiro atoms. The number of hydrogen-bond donors (Lipinski definition) is 2. The lowest BCUT2D eigenvalue weighted by Gasteiger charge is -2.30. The van der Waals surface area contributed by atoms with Crippen molar-refractivity contribution in [1.29, 1.82) is 0 Å². The van der Waals surface area contributed by atoms with Gasteiger partial charge in [0.1, 0.15) is 0 Å². The first-order chi connectivity index (χ1) is 7.79. The fraction of sp³-hybridized carbons (Fsp3) is 0.667. The van der Waals surface area contributed by atoms with Gasteiger partial charge in [-0.1, -0.05) is 12.8 Å². The van der Waals surface area contributed by atoms with Crippen LogP contribution in [0.2, 0.25) is 0 Å². The second kappa shape index (κ2) is 5.25. The Morgan fingerprint density at radius 1 is 1.31 bits per heavy atom. The van der Waals surface area contributed by atoms with Crippen LogP contribution in [0.4, 0.5) is 5.95 Å². The molecule has 4 nitrogen and oxygen atoms in total. The zero-order valence-corrected chi connectivity index (χ0v) is 9.69. The molecular weight excluding hydrogens is 202 g/mol. The van der Waals surface area contributed by atoms with Gasteiger partial charge in [0.15, 0.2) is 0 Å². The smallest absolute Gasteiger partial charge is 0.222 e.